The van der Waals surface area contributed by atoms with Gasteiger partial charge in [0.15, 0.2) is 0 Å². The molecule has 0 aliphatic heterocycles. The largest absolute Gasteiger partial charge is 0.466 e. The summed E-state index contributed by atoms with van der Waals surface area (Å²) >= 11 is 0. The number of unbranched alkanes of at least 4 members (excludes halogenated alkanes) is 53. The van der Waals surface area contributed by atoms with E-state index in [-0.39, 0.29) is 18.5 Å². The van der Waals surface area contributed by atoms with Gasteiger partial charge in [0.05, 0.1) is 25.4 Å². The maximum absolute atomic E-state index is 12.5. The molecule has 0 aromatic rings. The lowest BCUT2D eigenvalue weighted by Crippen LogP contribution is -2.45. The van der Waals surface area contributed by atoms with Crippen LogP contribution in [-0.2, 0) is 14.3 Å². The number of carbonyl (C=O) groups is 2. The maximum Gasteiger partial charge on any atom is 0.305 e. The summed E-state index contributed by atoms with van der Waals surface area (Å²) in [6.07, 6.45) is 89.4. The highest BCUT2D eigenvalue weighted by Crippen LogP contribution is 2.18. The van der Waals surface area contributed by atoms with Crippen LogP contribution in [0.5, 0.6) is 0 Å². The van der Waals surface area contributed by atoms with Crippen LogP contribution in [0, 0.1) is 0 Å². The molecule has 2 unspecified atom stereocenters. The molecular weight excluding hydrogens is 983 g/mol. The van der Waals surface area contributed by atoms with Crippen LogP contribution in [0.4, 0.5) is 0 Å². The van der Waals surface area contributed by atoms with E-state index in [2.05, 4.69) is 43.5 Å². The van der Waals surface area contributed by atoms with E-state index < -0.39 is 12.1 Å². The minimum atomic E-state index is -0.852. The summed E-state index contributed by atoms with van der Waals surface area (Å²) < 4.78 is 5.50. The predicted octanol–water partition coefficient (Wildman–Crippen LogP) is 23.5. The summed E-state index contributed by atoms with van der Waals surface area (Å²) in [6.45, 7) is 4.93. The van der Waals surface area contributed by atoms with Crippen molar-refractivity contribution >= 4 is 11.9 Å². The minimum absolute atomic E-state index is 0.00344. The van der Waals surface area contributed by atoms with Gasteiger partial charge in [-0.25, -0.2) is 0 Å². The predicted molar refractivity (Wildman–Crippen MR) is 352 cm³/mol. The van der Waals surface area contributed by atoms with Gasteiger partial charge in [-0.05, 0) is 83.5 Å². The molecule has 80 heavy (non-hydrogen) atoms. The van der Waals surface area contributed by atoms with Crippen LogP contribution in [0.2, 0.25) is 0 Å². The van der Waals surface area contributed by atoms with Gasteiger partial charge in [0.1, 0.15) is 0 Å². The van der Waals surface area contributed by atoms with Crippen LogP contribution in [0.1, 0.15) is 399 Å². The molecule has 0 saturated carbocycles. The van der Waals surface area contributed by atoms with Gasteiger partial charge < -0.3 is 20.3 Å². The Labute approximate surface area is 500 Å². The number of ether oxygens (including phenoxy) is 1. The Hall–Kier alpha value is -1.92. The Balaban J connectivity index is 3.45. The number of carbonyl (C=O) groups excluding carboxylic acids is 2. The number of allylic oxidation sites excluding steroid dienone is 5. The Morgan fingerprint density at radius 3 is 0.887 bits per heavy atom. The number of aliphatic hydroxyl groups is 2. The van der Waals surface area contributed by atoms with Crippen molar-refractivity contribution in [3.8, 4) is 0 Å². The van der Waals surface area contributed by atoms with Crippen molar-refractivity contribution in [2.45, 2.75) is 411 Å². The molecule has 0 bridgehead atoms. The second-order valence-electron chi connectivity index (χ2n) is 24.9. The molecule has 2 atom stereocenters. The lowest BCUT2D eigenvalue weighted by molar-refractivity contribution is -0.143. The molecule has 472 valence electrons. The van der Waals surface area contributed by atoms with E-state index in [0.717, 1.165) is 51.4 Å². The molecule has 0 aliphatic rings. The Morgan fingerprint density at radius 1 is 0.338 bits per heavy atom. The van der Waals surface area contributed by atoms with E-state index in [1.54, 1.807) is 6.08 Å². The van der Waals surface area contributed by atoms with Crippen LogP contribution in [-0.4, -0.2) is 47.4 Å². The normalized spacial score (nSPS) is 12.7. The van der Waals surface area contributed by atoms with Gasteiger partial charge in [-0.3, -0.25) is 9.59 Å². The Bertz CT molecular complexity index is 1300. The van der Waals surface area contributed by atoms with Crippen molar-refractivity contribution in [2.75, 3.05) is 13.2 Å². The van der Waals surface area contributed by atoms with Crippen molar-refractivity contribution in [3.05, 3.63) is 36.5 Å². The van der Waals surface area contributed by atoms with Crippen molar-refractivity contribution in [3.63, 3.8) is 0 Å². The molecule has 3 N–H and O–H groups in total. The lowest BCUT2D eigenvalue weighted by atomic mass is 10.0. The topological polar surface area (TPSA) is 95.9 Å². The molecule has 6 heteroatoms. The third-order valence-corrected chi connectivity index (χ3v) is 16.9. The first kappa shape index (κ1) is 78.1. The second-order valence-corrected chi connectivity index (χ2v) is 24.9. The number of amides is 1. The van der Waals surface area contributed by atoms with Crippen LogP contribution in [0.25, 0.3) is 0 Å². The number of aliphatic hydroxyl groups excluding tert-OH is 2. The van der Waals surface area contributed by atoms with Gasteiger partial charge in [-0.15, -0.1) is 0 Å². The van der Waals surface area contributed by atoms with Gasteiger partial charge in [0.2, 0.25) is 5.91 Å². The summed E-state index contributed by atoms with van der Waals surface area (Å²) in [4.78, 5) is 24.6. The molecule has 6 nitrogen and oxygen atoms in total. The summed E-state index contributed by atoms with van der Waals surface area (Å²) in [6, 6.07) is -0.636. The zero-order valence-electron chi connectivity index (χ0n) is 54.1. The molecular formula is C74H141NO5. The van der Waals surface area contributed by atoms with Gasteiger partial charge in [0, 0.05) is 12.8 Å². The van der Waals surface area contributed by atoms with Gasteiger partial charge in [-0.1, -0.05) is 339 Å². The molecule has 0 fully saturated rings. The van der Waals surface area contributed by atoms with E-state index in [1.165, 1.54) is 321 Å². The molecule has 0 aliphatic carbocycles. The van der Waals surface area contributed by atoms with Crippen molar-refractivity contribution in [1.82, 2.24) is 5.32 Å². The van der Waals surface area contributed by atoms with Crippen LogP contribution in [0.15, 0.2) is 36.5 Å². The van der Waals surface area contributed by atoms with Gasteiger partial charge in [0.25, 0.3) is 0 Å². The quantitative estimate of drug-likeness (QED) is 0.0320. The molecule has 0 rings (SSSR count). The number of nitrogens with one attached hydrogen (secondary N) is 1. The number of rotatable bonds is 68. The summed E-state index contributed by atoms with van der Waals surface area (Å²) in [7, 11) is 0. The highest BCUT2D eigenvalue weighted by Gasteiger charge is 2.18. The third-order valence-electron chi connectivity index (χ3n) is 16.9. The van der Waals surface area contributed by atoms with E-state index in [9.17, 15) is 19.8 Å². The summed E-state index contributed by atoms with van der Waals surface area (Å²) in [5, 5.41) is 23.3. The fourth-order valence-electron chi connectivity index (χ4n) is 11.3. The second kappa shape index (κ2) is 69.6. The van der Waals surface area contributed by atoms with Crippen molar-refractivity contribution < 1.29 is 24.5 Å². The first-order valence-electron chi connectivity index (χ1n) is 36.3. The van der Waals surface area contributed by atoms with Gasteiger partial charge >= 0.3 is 5.97 Å². The smallest absolute Gasteiger partial charge is 0.305 e. The van der Waals surface area contributed by atoms with E-state index >= 15 is 0 Å². The minimum Gasteiger partial charge on any atom is -0.466 e. The van der Waals surface area contributed by atoms with E-state index in [4.69, 9.17) is 4.74 Å². The Morgan fingerprint density at radius 2 is 0.588 bits per heavy atom. The molecule has 1 amide bonds. The van der Waals surface area contributed by atoms with Crippen LogP contribution >= 0.6 is 0 Å². The first-order chi connectivity index (χ1) is 39.5. The average Bonchev–Trinajstić information content (AvgIpc) is 3.46. The third kappa shape index (κ3) is 65.2. The molecule has 0 radical (unpaired) electrons. The summed E-state index contributed by atoms with van der Waals surface area (Å²) in [5.74, 6) is -0.0692. The molecule has 0 aromatic heterocycles. The zero-order chi connectivity index (χ0) is 57.8. The molecule has 0 heterocycles. The van der Waals surface area contributed by atoms with Crippen molar-refractivity contribution in [2.24, 2.45) is 0 Å². The Kier molecular flexibility index (Phi) is 67.9. The highest BCUT2D eigenvalue weighted by molar-refractivity contribution is 5.76. The number of hydrogen-bond donors (Lipinski definition) is 3. The van der Waals surface area contributed by atoms with E-state index in [0.29, 0.717) is 19.4 Å². The van der Waals surface area contributed by atoms with Crippen LogP contribution < -0.4 is 5.32 Å². The SMILES string of the molecule is CCCCCCCCC/C=C\CCCCCCCCCC(=O)OCCCCCCCCCCC/C=C\CCCCCCCCCC(=O)NC(CO)C(O)/C=C/CCCCCCCCCCCCCCCCCCCCCCCCC. The standard InChI is InChI=1S/C74H141NO5/c1-3-5-7-9-11-13-15-17-19-21-23-24-25-26-27-28-31-34-38-42-46-50-54-58-62-66-72(77)71(70-76)75-73(78)67-63-59-55-51-47-43-39-35-32-29-30-33-37-41-45-49-53-57-61-65-69-80-74(79)68-64-60-56-52-48-44-40-36-22-20-18-16-14-12-10-8-6-4-2/h20,22,29,32,62,66,71-72,76-77H,3-19,21,23-28,30-31,33-61,63-65,67-70H2,1-2H3,(H,75,78)/b22-20-,32-29-,66-62+. The average molecular weight is 1120 g/mol. The first-order valence-corrected chi connectivity index (χ1v) is 36.3. The van der Waals surface area contributed by atoms with Gasteiger partial charge in [-0.2, -0.15) is 0 Å². The molecule has 0 saturated heterocycles. The molecule has 0 spiro atoms. The fraction of sp³-hybridized carbons (Fsp3) is 0.892. The lowest BCUT2D eigenvalue weighted by Gasteiger charge is -2.20. The maximum atomic E-state index is 12.5. The molecule has 0 aromatic carbocycles. The van der Waals surface area contributed by atoms with E-state index in [1.807, 2.05) is 6.08 Å². The number of hydrogen-bond acceptors (Lipinski definition) is 5. The zero-order valence-corrected chi connectivity index (χ0v) is 54.1. The monoisotopic (exact) mass is 1120 g/mol. The number of esters is 1. The highest BCUT2D eigenvalue weighted by atomic mass is 16.5. The fourth-order valence-corrected chi connectivity index (χ4v) is 11.3. The van der Waals surface area contributed by atoms with Crippen LogP contribution in [0.3, 0.4) is 0 Å². The van der Waals surface area contributed by atoms with Crippen molar-refractivity contribution in [1.29, 1.82) is 0 Å². The summed E-state index contributed by atoms with van der Waals surface area (Å²) in [5.41, 5.74) is 0.